The molecule has 1 aliphatic carbocycles. The highest BCUT2D eigenvalue weighted by atomic mass is 35.5. The van der Waals surface area contributed by atoms with Gasteiger partial charge in [-0.1, -0.05) is 48.3 Å². The number of ether oxygens (including phenoxy) is 1. The highest BCUT2D eigenvalue weighted by Gasteiger charge is 2.50. The smallest absolute Gasteiger partial charge is 0.316 e. The molecule has 0 unspecified atom stereocenters. The molecular formula is C26H22Cl2N2O5. The number of anilines is 2. The summed E-state index contributed by atoms with van der Waals surface area (Å²) >= 11 is 12.3. The van der Waals surface area contributed by atoms with E-state index in [0.717, 1.165) is 0 Å². The van der Waals surface area contributed by atoms with E-state index in [1.807, 2.05) is 19.1 Å². The first-order chi connectivity index (χ1) is 16.8. The molecule has 180 valence electrons. The fourth-order valence-corrected chi connectivity index (χ4v) is 5.46. The zero-order chi connectivity index (χ0) is 24.9. The predicted molar refractivity (Wildman–Crippen MR) is 131 cm³/mol. The third kappa shape index (κ3) is 4.13. The molecule has 3 amide bonds. The normalized spacial score (nSPS) is 25.9. The van der Waals surface area contributed by atoms with Crippen molar-refractivity contribution in [3.63, 3.8) is 0 Å². The van der Waals surface area contributed by atoms with Crippen molar-refractivity contribution >= 4 is 58.3 Å². The average Bonchev–Trinajstić information content (AvgIpc) is 3.34. The number of benzene rings is 2. The van der Waals surface area contributed by atoms with Crippen LogP contribution in [0.1, 0.15) is 19.8 Å². The molecule has 2 aliphatic heterocycles. The van der Waals surface area contributed by atoms with Gasteiger partial charge in [-0.25, -0.2) is 0 Å². The molecule has 0 N–H and O–H groups in total. The minimum absolute atomic E-state index is 0.00547. The van der Waals surface area contributed by atoms with Crippen LogP contribution in [0.3, 0.4) is 0 Å². The predicted octanol–water partition coefficient (Wildman–Crippen LogP) is 4.65. The van der Waals surface area contributed by atoms with Crippen molar-refractivity contribution < 1.29 is 23.9 Å². The van der Waals surface area contributed by atoms with Gasteiger partial charge in [-0.05, 0) is 48.7 Å². The van der Waals surface area contributed by atoms with Gasteiger partial charge in [0.25, 0.3) is 0 Å². The number of amides is 3. The number of fused-ring (bicyclic) bond motifs is 1. The second kappa shape index (κ2) is 9.13. The van der Waals surface area contributed by atoms with Crippen LogP contribution in [0, 0.1) is 23.7 Å². The van der Waals surface area contributed by atoms with Crippen LogP contribution < -0.4 is 14.5 Å². The van der Waals surface area contributed by atoms with Crippen molar-refractivity contribution in [3.05, 3.63) is 64.7 Å². The molecule has 2 saturated heterocycles. The van der Waals surface area contributed by atoms with Crippen LogP contribution >= 0.6 is 23.2 Å². The number of imide groups is 1. The van der Waals surface area contributed by atoms with Gasteiger partial charge < -0.3 is 9.64 Å². The van der Waals surface area contributed by atoms with Crippen molar-refractivity contribution in [1.82, 2.24) is 0 Å². The molecule has 2 fully saturated rings. The minimum atomic E-state index is -0.670. The number of allylic oxidation sites excluding steroid dienone is 2. The van der Waals surface area contributed by atoms with Crippen molar-refractivity contribution in [3.8, 4) is 5.75 Å². The number of rotatable bonds is 4. The highest BCUT2D eigenvalue weighted by molar-refractivity contribution is 6.44. The number of carbonyl (C=O) groups excluding carboxylic acids is 4. The third-order valence-electron chi connectivity index (χ3n) is 6.87. The van der Waals surface area contributed by atoms with Crippen molar-refractivity contribution in [2.24, 2.45) is 23.7 Å². The fraction of sp³-hybridized carbons (Fsp3) is 0.308. The molecule has 0 saturated carbocycles. The van der Waals surface area contributed by atoms with E-state index in [-0.39, 0.29) is 59.2 Å². The summed E-state index contributed by atoms with van der Waals surface area (Å²) in [7, 11) is 0. The SMILES string of the molecule is C[C@@H]1C=CC[C@@H]2C(=O)N(c3ccc(OC(=O)[C@@H]4CC(=O)N(c5cccc(Cl)c5Cl)C4)cc3)C(=O)[C@H]12. The van der Waals surface area contributed by atoms with E-state index < -0.39 is 11.9 Å². The lowest BCUT2D eigenvalue weighted by Crippen LogP contribution is -2.31. The first kappa shape index (κ1) is 23.6. The first-order valence-electron chi connectivity index (χ1n) is 11.4. The Labute approximate surface area is 212 Å². The van der Waals surface area contributed by atoms with E-state index in [9.17, 15) is 19.2 Å². The fourth-order valence-electron chi connectivity index (χ4n) is 5.06. The van der Waals surface area contributed by atoms with E-state index in [2.05, 4.69) is 0 Å². The van der Waals surface area contributed by atoms with Crippen LogP contribution in [0.15, 0.2) is 54.6 Å². The monoisotopic (exact) mass is 512 g/mol. The van der Waals surface area contributed by atoms with E-state index in [1.165, 1.54) is 9.80 Å². The molecule has 2 aromatic carbocycles. The maximum atomic E-state index is 13.0. The summed E-state index contributed by atoms with van der Waals surface area (Å²) in [6.45, 7) is 2.07. The molecule has 4 atom stereocenters. The Morgan fingerprint density at radius 1 is 1.03 bits per heavy atom. The summed E-state index contributed by atoms with van der Waals surface area (Å²) in [5.74, 6) is -2.29. The third-order valence-corrected chi connectivity index (χ3v) is 7.68. The number of nitrogens with zero attached hydrogens (tertiary/aromatic N) is 2. The van der Waals surface area contributed by atoms with Crippen molar-refractivity contribution in [2.75, 3.05) is 16.3 Å². The number of carbonyl (C=O) groups is 4. The molecule has 5 rings (SSSR count). The van der Waals surface area contributed by atoms with Crippen molar-refractivity contribution in [1.29, 1.82) is 0 Å². The summed E-state index contributed by atoms with van der Waals surface area (Å²) < 4.78 is 5.49. The molecule has 0 spiro atoms. The van der Waals surface area contributed by atoms with E-state index in [0.29, 0.717) is 22.8 Å². The topological polar surface area (TPSA) is 84.0 Å². The van der Waals surface area contributed by atoms with Gasteiger partial charge in [0, 0.05) is 13.0 Å². The van der Waals surface area contributed by atoms with Crippen LogP contribution in [-0.4, -0.2) is 30.2 Å². The van der Waals surface area contributed by atoms with Gasteiger partial charge in [-0.2, -0.15) is 0 Å². The molecule has 2 aromatic rings. The van der Waals surface area contributed by atoms with Gasteiger partial charge in [0.1, 0.15) is 5.75 Å². The van der Waals surface area contributed by atoms with Gasteiger partial charge >= 0.3 is 5.97 Å². The Hall–Kier alpha value is -3.16. The Balaban J connectivity index is 1.26. The van der Waals surface area contributed by atoms with Gasteiger partial charge in [-0.15, -0.1) is 0 Å². The molecule has 2 heterocycles. The standard InChI is InChI=1S/C26H22Cl2N2O5/c1-14-4-2-5-18-22(14)25(33)30(24(18)32)16-8-10-17(11-9-16)35-26(34)15-12-21(31)29(13-15)20-7-3-6-19(27)23(20)28/h2-4,6-11,14-15,18,22H,5,12-13H2,1H3/t14-,15-,18+,22-/m1/s1. The number of halogens is 2. The molecule has 3 aliphatic rings. The lowest BCUT2D eigenvalue weighted by molar-refractivity contribution is -0.139. The molecular weight excluding hydrogens is 491 g/mol. The van der Waals surface area contributed by atoms with Crippen LogP contribution in [0.25, 0.3) is 0 Å². The minimum Gasteiger partial charge on any atom is -0.426 e. The lowest BCUT2D eigenvalue weighted by Gasteiger charge is -2.22. The molecule has 0 bridgehead atoms. The van der Waals surface area contributed by atoms with E-state index >= 15 is 0 Å². The summed E-state index contributed by atoms with van der Waals surface area (Å²) in [6.07, 6.45) is 4.49. The summed E-state index contributed by atoms with van der Waals surface area (Å²) in [5, 5.41) is 0.575. The Kier molecular flexibility index (Phi) is 6.15. The maximum Gasteiger partial charge on any atom is 0.316 e. The Bertz CT molecular complexity index is 1260. The van der Waals surface area contributed by atoms with Gasteiger partial charge in [0.05, 0.1) is 39.2 Å². The molecule has 0 radical (unpaired) electrons. The van der Waals surface area contributed by atoms with Crippen LogP contribution in [0.5, 0.6) is 5.75 Å². The molecule has 7 nitrogen and oxygen atoms in total. The Morgan fingerprint density at radius 2 is 1.77 bits per heavy atom. The van der Waals surface area contributed by atoms with Gasteiger partial charge in [0.2, 0.25) is 17.7 Å². The number of hydrogen-bond donors (Lipinski definition) is 0. The largest absolute Gasteiger partial charge is 0.426 e. The van der Waals surface area contributed by atoms with Crippen LogP contribution in [-0.2, 0) is 19.2 Å². The zero-order valence-electron chi connectivity index (χ0n) is 18.8. The van der Waals surface area contributed by atoms with E-state index in [1.54, 1.807) is 42.5 Å². The zero-order valence-corrected chi connectivity index (χ0v) is 20.3. The maximum absolute atomic E-state index is 13.0. The summed E-state index contributed by atoms with van der Waals surface area (Å²) in [6, 6.07) is 11.2. The van der Waals surface area contributed by atoms with Crippen molar-refractivity contribution in [2.45, 2.75) is 19.8 Å². The second-order valence-corrected chi connectivity index (χ2v) is 9.85. The first-order valence-corrected chi connectivity index (χ1v) is 12.1. The number of hydrogen-bond acceptors (Lipinski definition) is 5. The lowest BCUT2D eigenvalue weighted by atomic mass is 9.78. The van der Waals surface area contributed by atoms with Gasteiger partial charge in [-0.3, -0.25) is 24.1 Å². The van der Waals surface area contributed by atoms with E-state index in [4.69, 9.17) is 27.9 Å². The highest BCUT2D eigenvalue weighted by Crippen LogP contribution is 2.41. The second-order valence-electron chi connectivity index (χ2n) is 9.06. The molecule has 35 heavy (non-hydrogen) atoms. The average molecular weight is 513 g/mol. The molecule has 9 heteroatoms. The number of esters is 1. The summed E-state index contributed by atoms with van der Waals surface area (Å²) in [4.78, 5) is 53.8. The van der Waals surface area contributed by atoms with Gasteiger partial charge in [0.15, 0.2) is 0 Å². The summed E-state index contributed by atoms with van der Waals surface area (Å²) in [5.41, 5.74) is 0.896. The van der Waals surface area contributed by atoms with Crippen LogP contribution in [0.2, 0.25) is 10.0 Å². The Morgan fingerprint density at radius 3 is 2.49 bits per heavy atom. The quantitative estimate of drug-likeness (QED) is 0.257. The van der Waals surface area contributed by atoms with Crippen LogP contribution in [0.4, 0.5) is 11.4 Å². The molecule has 0 aromatic heterocycles.